The first-order chi connectivity index (χ1) is 10.9. The van der Waals surface area contributed by atoms with E-state index in [4.69, 9.17) is 0 Å². The molecule has 0 atom stereocenters. The summed E-state index contributed by atoms with van der Waals surface area (Å²) in [6, 6.07) is 9.58. The molecule has 0 unspecified atom stereocenters. The lowest BCUT2D eigenvalue weighted by molar-refractivity contribution is -0.115. The van der Waals surface area contributed by atoms with Crippen molar-refractivity contribution in [3.63, 3.8) is 0 Å². The molecule has 0 fully saturated rings. The van der Waals surface area contributed by atoms with Gasteiger partial charge in [-0.15, -0.1) is 0 Å². The van der Waals surface area contributed by atoms with Gasteiger partial charge in [0.05, 0.1) is 6.42 Å². The van der Waals surface area contributed by atoms with Crippen LogP contribution in [0.4, 0.5) is 5.69 Å². The largest absolute Gasteiger partial charge is 0.326 e. The minimum Gasteiger partial charge on any atom is -0.326 e. The summed E-state index contributed by atoms with van der Waals surface area (Å²) in [7, 11) is 0. The minimum absolute atomic E-state index is 0.0223. The van der Waals surface area contributed by atoms with Crippen molar-refractivity contribution >= 4 is 23.5 Å². The Balaban J connectivity index is 1.84. The van der Waals surface area contributed by atoms with Crippen LogP contribution in [0.2, 0.25) is 0 Å². The standard InChI is InChI=1S/C20H19NO2/c1-12-8-14(3)15(9-13(12)2)5-7-19(22)16-4-6-18-17(10-16)11-20(23)21-18/h4-10H,11H2,1-3H3,(H,21,23)/b7-5+. The maximum absolute atomic E-state index is 12.4. The number of fused-ring (bicyclic) bond motifs is 1. The number of benzene rings is 2. The summed E-state index contributed by atoms with van der Waals surface area (Å²) >= 11 is 0. The van der Waals surface area contributed by atoms with E-state index in [0.29, 0.717) is 12.0 Å². The lowest BCUT2D eigenvalue weighted by Gasteiger charge is -2.06. The molecule has 1 N–H and O–H groups in total. The monoisotopic (exact) mass is 305 g/mol. The number of carbonyl (C=O) groups excluding carboxylic acids is 2. The zero-order chi connectivity index (χ0) is 16.6. The predicted molar refractivity (Wildman–Crippen MR) is 92.8 cm³/mol. The Morgan fingerprint density at radius 2 is 1.78 bits per heavy atom. The van der Waals surface area contributed by atoms with Gasteiger partial charge in [0.2, 0.25) is 5.91 Å². The Bertz CT molecular complexity index is 847. The molecule has 3 heteroatoms. The molecule has 1 aliphatic rings. The van der Waals surface area contributed by atoms with Gasteiger partial charge in [0.25, 0.3) is 0 Å². The van der Waals surface area contributed by atoms with Crippen molar-refractivity contribution < 1.29 is 9.59 Å². The molecule has 116 valence electrons. The fourth-order valence-electron chi connectivity index (χ4n) is 2.81. The van der Waals surface area contributed by atoms with Crippen molar-refractivity contribution in [2.24, 2.45) is 0 Å². The zero-order valence-corrected chi connectivity index (χ0v) is 13.6. The van der Waals surface area contributed by atoms with Gasteiger partial charge in [-0.2, -0.15) is 0 Å². The summed E-state index contributed by atoms with van der Waals surface area (Å²) in [6.07, 6.45) is 3.81. The number of amides is 1. The van der Waals surface area contributed by atoms with E-state index in [1.807, 2.05) is 13.0 Å². The van der Waals surface area contributed by atoms with Crippen LogP contribution in [0.1, 0.15) is 38.2 Å². The van der Waals surface area contributed by atoms with E-state index in [2.05, 4.69) is 31.3 Å². The quantitative estimate of drug-likeness (QED) is 0.688. The summed E-state index contributed by atoms with van der Waals surface area (Å²) in [5.74, 6) is -0.0735. The summed E-state index contributed by atoms with van der Waals surface area (Å²) in [5, 5.41) is 2.77. The number of hydrogen-bond donors (Lipinski definition) is 1. The highest BCUT2D eigenvalue weighted by molar-refractivity contribution is 6.08. The van der Waals surface area contributed by atoms with E-state index in [1.165, 1.54) is 11.1 Å². The number of ketones is 1. The molecule has 1 aliphatic heterocycles. The second-order valence-corrected chi connectivity index (χ2v) is 6.09. The molecule has 1 heterocycles. The van der Waals surface area contributed by atoms with Crippen LogP contribution < -0.4 is 5.32 Å². The maximum Gasteiger partial charge on any atom is 0.228 e. The van der Waals surface area contributed by atoms with Gasteiger partial charge in [-0.25, -0.2) is 0 Å². The molecule has 0 saturated heterocycles. The highest BCUT2D eigenvalue weighted by atomic mass is 16.1. The van der Waals surface area contributed by atoms with Crippen molar-refractivity contribution in [3.8, 4) is 0 Å². The van der Waals surface area contributed by atoms with Crippen LogP contribution >= 0.6 is 0 Å². The Hall–Kier alpha value is -2.68. The smallest absolute Gasteiger partial charge is 0.228 e. The fourth-order valence-corrected chi connectivity index (χ4v) is 2.81. The van der Waals surface area contributed by atoms with Gasteiger partial charge in [-0.05, 0) is 72.9 Å². The van der Waals surface area contributed by atoms with Crippen molar-refractivity contribution in [2.75, 3.05) is 5.32 Å². The zero-order valence-electron chi connectivity index (χ0n) is 13.6. The highest BCUT2D eigenvalue weighted by Crippen LogP contribution is 2.24. The SMILES string of the molecule is Cc1cc(C)c(/C=C/C(=O)c2ccc3c(c2)CC(=O)N3)cc1C. The molecule has 0 saturated carbocycles. The Labute approximate surface area is 136 Å². The molecule has 0 aliphatic carbocycles. The normalized spacial score (nSPS) is 13.3. The highest BCUT2D eigenvalue weighted by Gasteiger charge is 2.18. The molecule has 2 aromatic carbocycles. The fraction of sp³-hybridized carbons (Fsp3) is 0.200. The third-order valence-electron chi connectivity index (χ3n) is 4.31. The van der Waals surface area contributed by atoms with E-state index in [9.17, 15) is 9.59 Å². The van der Waals surface area contributed by atoms with Gasteiger partial charge in [0.1, 0.15) is 0 Å². The Morgan fingerprint density at radius 3 is 2.57 bits per heavy atom. The van der Waals surface area contributed by atoms with Gasteiger partial charge in [0, 0.05) is 11.3 Å². The van der Waals surface area contributed by atoms with E-state index >= 15 is 0 Å². The number of nitrogens with one attached hydrogen (secondary N) is 1. The lowest BCUT2D eigenvalue weighted by Crippen LogP contribution is -2.03. The average Bonchev–Trinajstić information content (AvgIpc) is 2.88. The van der Waals surface area contributed by atoms with E-state index < -0.39 is 0 Å². The first-order valence-corrected chi connectivity index (χ1v) is 7.67. The molecular formula is C20H19NO2. The van der Waals surface area contributed by atoms with Crippen molar-refractivity contribution in [1.82, 2.24) is 0 Å². The molecule has 0 aromatic heterocycles. The van der Waals surface area contributed by atoms with Crippen LogP contribution in [0, 0.1) is 20.8 Å². The molecule has 2 aromatic rings. The molecule has 0 radical (unpaired) electrons. The van der Waals surface area contributed by atoms with Crippen molar-refractivity contribution in [3.05, 3.63) is 69.8 Å². The van der Waals surface area contributed by atoms with Gasteiger partial charge in [0.15, 0.2) is 5.78 Å². The minimum atomic E-state index is -0.0511. The van der Waals surface area contributed by atoms with Crippen LogP contribution in [0.25, 0.3) is 6.08 Å². The molecular weight excluding hydrogens is 286 g/mol. The summed E-state index contributed by atoms with van der Waals surface area (Å²) in [5.41, 5.74) is 6.97. The van der Waals surface area contributed by atoms with Crippen molar-refractivity contribution in [2.45, 2.75) is 27.2 Å². The summed E-state index contributed by atoms with van der Waals surface area (Å²) in [4.78, 5) is 23.7. The van der Waals surface area contributed by atoms with Crippen molar-refractivity contribution in [1.29, 1.82) is 0 Å². The third-order valence-corrected chi connectivity index (χ3v) is 4.31. The Morgan fingerprint density at radius 1 is 1.04 bits per heavy atom. The van der Waals surface area contributed by atoms with Crippen LogP contribution in [0.15, 0.2) is 36.4 Å². The van der Waals surface area contributed by atoms with Gasteiger partial charge >= 0.3 is 0 Å². The molecule has 3 rings (SSSR count). The average molecular weight is 305 g/mol. The maximum atomic E-state index is 12.4. The second-order valence-electron chi connectivity index (χ2n) is 6.09. The topological polar surface area (TPSA) is 46.2 Å². The number of aryl methyl sites for hydroxylation is 3. The first kappa shape index (κ1) is 15.2. The number of allylic oxidation sites excluding steroid dienone is 1. The summed E-state index contributed by atoms with van der Waals surface area (Å²) < 4.78 is 0. The van der Waals surface area contributed by atoms with E-state index in [0.717, 1.165) is 22.4 Å². The van der Waals surface area contributed by atoms with Gasteiger partial charge in [-0.1, -0.05) is 18.2 Å². The molecule has 1 amide bonds. The lowest BCUT2D eigenvalue weighted by atomic mass is 9.99. The molecule has 3 nitrogen and oxygen atoms in total. The summed E-state index contributed by atoms with van der Waals surface area (Å²) in [6.45, 7) is 6.20. The molecule has 0 spiro atoms. The van der Waals surface area contributed by atoms with Gasteiger partial charge < -0.3 is 5.32 Å². The van der Waals surface area contributed by atoms with E-state index in [-0.39, 0.29) is 11.7 Å². The Kier molecular flexibility index (Phi) is 3.87. The number of rotatable bonds is 3. The molecule has 0 bridgehead atoms. The predicted octanol–water partition coefficient (Wildman–Crippen LogP) is 4.00. The van der Waals surface area contributed by atoms with Gasteiger partial charge in [-0.3, -0.25) is 9.59 Å². The van der Waals surface area contributed by atoms with Crippen LogP contribution in [-0.4, -0.2) is 11.7 Å². The molecule has 23 heavy (non-hydrogen) atoms. The first-order valence-electron chi connectivity index (χ1n) is 7.67. The number of carbonyl (C=O) groups is 2. The van der Waals surface area contributed by atoms with Crippen LogP contribution in [0.5, 0.6) is 0 Å². The van der Waals surface area contributed by atoms with E-state index in [1.54, 1.807) is 24.3 Å². The van der Waals surface area contributed by atoms with Crippen LogP contribution in [0.3, 0.4) is 0 Å². The van der Waals surface area contributed by atoms with Crippen LogP contribution in [-0.2, 0) is 11.2 Å². The third kappa shape index (κ3) is 3.09. The number of anilines is 1. The number of hydrogen-bond acceptors (Lipinski definition) is 2. The second kappa shape index (κ2) is 5.84.